The van der Waals surface area contributed by atoms with Crippen LogP contribution in [0.3, 0.4) is 0 Å². The molecule has 3 aromatic heterocycles. The molecule has 1 fully saturated rings. The number of carbonyl (C=O) groups excluding carboxylic acids is 1. The normalized spacial score (nSPS) is 14.3. The Morgan fingerprint density at radius 3 is 2.78 bits per heavy atom. The summed E-state index contributed by atoms with van der Waals surface area (Å²) in [4.78, 5) is 16.7. The van der Waals surface area contributed by atoms with E-state index in [2.05, 4.69) is 20.5 Å². The second-order valence-corrected chi connectivity index (χ2v) is 6.60. The highest BCUT2D eigenvalue weighted by Crippen LogP contribution is 2.28. The van der Waals surface area contributed by atoms with E-state index in [9.17, 15) is 13.6 Å². The van der Waals surface area contributed by atoms with Crippen LogP contribution >= 0.6 is 0 Å². The SMILES string of the molecule is O=C(Nc1cnn(CC2CCC2)c1)c1cccc(-c2cnn(C(F)F)c2)n1. The molecule has 9 heteroatoms. The lowest BCUT2D eigenvalue weighted by Gasteiger charge is -2.24. The van der Waals surface area contributed by atoms with Crippen LogP contribution in [-0.2, 0) is 6.54 Å². The third-order valence-corrected chi connectivity index (χ3v) is 4.64. The lowest BCUT2D eigenvalue weighted by atomic mass is 9.85. The molecule has 0 aromatic carbocycles. The number of nitrogens with one attached hydrogen (secondary N) is 1. The van der Waals surface area contributed by atoms with Gasteiger partial charge in [0.05, 0.1) is 23.8 Å². The molecule has 4 rings (SSSR count). The van der Waals surface area contributed by atoms with Crippen molar-refractivity contribution in [1.29, 1.82) is 0 Å². The van der Waals surface area contributed by atoms with Crippen molar-refractivity contribution in [1.82, 2.24) is 24.5 Å². The van der Waals surface area contributed by atoms with E-state index >= 15 is 0 Å². The maximum atomic E-state index is 12.7. The van der Waals surface area contributed by atoms with Crippen LogP contribution in [0.1, 0.15) is 36.3 Å². The van der Waals surface area contributed by atoms with Crippen molar-refractivity contribution < 1.29 is 13.6 Å². The van der Waals surface area contributed by atoms with Crippen molar-refractivity contribution in [3.8, 4) is 11.3 Å². The minimum Gasteiger partial charge on any atom is -0.318 e. The van der Waals surface area contributed by atoms with Crippen molar-refractivity contribution in [3.63, 3.8) is 0 Å². The third-order valence-electron chi connectivity index (χ3n) is 4.64. The van der Waals surface area contributed by atoms with E-state index in [4.69, 9.17) is 0 Å². The molecule has 0 spiro atoms. The van der Waals surface area contributed by atoms with E-state index in [0.717, 1.165) is 6.54 Å². The number of hydrogen-bond donors (Lipinski definition) is 1. The van der Waals surface area contributed by atoms with Crippen molar-refractivity contribution in [2.24, 2.45) is 5.92 Å². The summed E-state index contributed by atoms with van der Waals surface area (Å²) in [6, 6.07) is 4.85. The first-order valence-corrected chi connectivity index (χ1v) is 8.72. The molecule has 3 heterocycles. The molecule has 1 amide bonds. The van der Waals surface area contributed by atoms with Gasteiger partial charge in [-0.05, 0) is 30.9 Å². The van der Waals surface area contributed by atoms with Crippen molar-refractivity contribution in [2.45, 2.75) is 32.4 Å². The smallest absolute Gasteiger partial charge is 0.318 e. The number of halogens is 2. The highest BCUT2D eigenvalue weighted by Gasteiger charge is 2.18. The molecular weight excluding hydrogens is 354 g/mol. The Balaban J connectivity index is 1.45. The first-order valence-electron chi connectivity index (χ1n) is 8.72. The molecule has 3 aromatic rings. The fourth-order valence-electron chi connectivity index (χ4n) is 2.96. The summed E-state index contributed by atoms with van der Waals surface area (Å²) < 4.78 is 27.7. The molecule has 0 unspecified atom stereocenters. The Labute approximate surface area is 154 Å². The van der Waals surface area contributed by atoms with Crippen LogP contribution in [0.5, 0.6) is 0 Å². The number of nitrogens with zero attached hydrogens (tertiary/aromatic N) is 5. The average Bonchev–Trinajstić information content (AvgIpc) is 3.28. The van der Waals surface area contributed by atoms with Gasteiger partial charge < -0.3 is 5.32 Å². The Hall–Kier alpha value is -3.10. The topological polar surface area (TPSA) is 77.6 Å². The molecule has 7 nitrogen and oxygen atoms in total. The summed E-state index contributed by atoms with van der Waals surface area (Å²) in [5.74, 6) is 0.280. The van der Waals surface area contributed by atoms with Crippen LogP contribution in [0.15, 0.2) is 43.0 Å². The number of pyridine rings is 1. The fraction of sp³-hybridized carbons (Fsp3) is 0.333. The molecule has 140 valence electrons. The molecule has 27 heavy (non-hydrogen) atoms. The minimum absolute atomic E-state index is 0.184. The lowest BCUT2D eigenvalue weighted by molar-refractivity contribution is 0.0566. The summed E-state index contributed by atoms with van der Waals surface area (Å²) in [6.45, 7) is -1.86. The maximum absolute atomic E-state index is 12.7. The van der Waals surface area contributed by atoms with E-state index in [1.807, 2.05) is 4.68 Å². The maximum Gasteiger partial charge on any atom is 0.333 e. The molecule has 1 aliphatic rings. The van der Waals surface area contributed by atoms with Gasteiger partial charge >= 0.3 is 6.55 Å². The minimum atomic E-state index is -2.72. The van der Waals surface area contributed by atoms with Gasteiger partial charge in [0.25, 0.3) is 5.91 Å². The number of aromatic nitrogens is 5. The third kappa shape index (κ3) is 3.86. The van der Waals surface area contributed by atoms with E-state index in [1.165, 1.54) is 31.7 Å². The largest absolute Gasteiger partial charge is 0.333 e. The molecule has 0 radical (unpaired) electrons. The summed E-state index contributed by atoms with van der Waals surface area (Å²) in [6.07, 6.45) is 9.61. The zero-order valence-electron chi connectivity index (χ0n) is 14.4. The number of hydrogen-bond acceptors (Lipinski definition) is 4. The number of rotatable bonds is 6. The zero-order valence-corrected chi connectivity index (χ0v) is 14.4. The van der Waals surface area contributed by atoms with Gasteiger partial charge in [-0.15, -0.1) is 0 Å². The van der Waals surface area contributed by atoms with Crippen LogP contribution in [-0.4, -0.2) is 30.5 Å². The number of alkyl halides is 2. The van der Waals surface area contributed by atoms with Gasteiger partial charge in [0.15, 0.2) is 0 Å². The van der Waals surface area contributed by atoms with Crippen LogP contribution in [0.4, 0.5) is 14.5 Å². The summed E-state index contributed by atoms with van der Waals surface area (Å²) in [5.41, 5.74) is 1.59. The summed E-state index contributed by atoms with van der Waals surface area (Å²) in [7, 11) is 0. The van der Waals surface area contributed by atoms with Gasteiger partial charge in [0, 0.05) is 24.5 Å². The van der Waals surface area contributed by atoms with Crippen molar-refractivity contribution in [3.05, 3.63) is 48.7 Å². The van der Waals surface area contributed by atoms with Crippen LogP contribution in [0.25, 0.3) is 11.3 Å². The molecule has 0 atom stereocenters. The van der Waals surface area contributed by atoms with Gasteiger partial charge in [-0.2, -0.15) is 19.0 Å². The summed E-state index contributed by atoms with van der Waals surface area (Å²) in [5, 5.41) is 10.6. The van der Waals surface area contributed by atoms with E-state index in [-0.39, 0.29) is 11.6 Å². The van der Waals surface area contributed by atoms with Gasteiger partial charge in [0.2, 0.25) is 0 Å². The van der Waals surface area contributed by atoms with Gasteiger partial charge in [-0.25, -0.2) is 9.67 Å². The second kappa shape index (κ2) is 7.26. The molecule has 1 saturated carbocycles. The predicted molar refractivity (Wildman–Crippen MR) is 94.2 cm³/mol. The average molecular weight is 372 g/mol. The van der Waals surface area contributed by atoms with Gasteiger partial charge in [-0.3, -0.25) is 9.48 Å². The van der Waals surface area contributed by atoms with Gasteiger partial charge in [-0.1, -0.05) is 12.5 Å². The molecular formula is C18H18F2N6O. The predicted octanol–water partition coefficient (Wildman–Crippen LogP) is 3.59. The Bertz CT molecular complexity index is 947. The standard InChI is InChI=1S/C18H18F2N6O/c19-18(20)26-10-13(7-22-26)15-5-2-6-16(24-15)17(27)23-14-8-21-25(11-14)9-12-3-1-4-12/h2,5-8,10-12,18H,1,3-4,9H2,(H,23,27). The Morgan fingerprint density at radius 2 is 2.07 bits per heavy atom. The molecule has 0 saturated heterocycles. The van der Waals surface area contributed by atoms with Crippen LogP contribution < -0.4 is 5.32 Å². The molecule has 0 bridgehead atoms. The summed E-state index contributed by atoms with van der Waals surface area (Å²) >= 11 is 0. The second-order valence-electron chi connectivity index (χ2n) is 6.60. The van der Waals surface area contributed by atoms with E-state index in [0.29, 0.717) is 27.5 Å². The zero-order chi connectivity index (χ0) is 18.8. The number of amides is 1. The van der Waals surface area contributed by atoms with Crippen LogP contribution in [0, 0.1) is 5.92 Å². The first-order chi connectivity index (χ1) is 13.1. The number of carbonyl (C=O) groups is 1. The van der Waals surface area contributed by atoms with E-state index in [1.54, 1.807) is 30.6 Å². The van der Waals surface area contributed by atoms with Gasteiger partial charge in [0.1, 0.15) is 5.69 Å². The van der Waals surface area contributed by atoms with Crippen molar-refractivity contribution >= 4 is 11.6 Å². The molecule has 1 N–H and O–H groups in total. The Kier molecular flexibility index (Phi) is 4.66. The molecule has 0 aliphatic heterocycles. The monoisotopic (exact) mass is 372 g/mol. The first kappa shape index (κ1) is 17.3. The highest BCUT2D eigenvalue weighted by atomic mass is 19.3. The van der Waals surface area contributed by atoms with E-state index < -0.39 is 6.55 Å². The lowest BCUT2D eigenvalue weighted by Crippen LogP contribution is -2.18. The molecule has 1 aliphatic carbocycles. The fourth-order valence-corrected chi connectivity index (χ4v) is 2.96. The number of anilines is 1. The quantitative estimate of drug-likeness (QED) is 0.717. The highest BCUT2D eigenvalue weighted by molar-refractivity contribution is 6.03. The Morgan fingerprint density at radius 1 is 1.22 bits per heavy atom. The van der Waals surface area contributed by atoms with Crippen molar-refractivity contribution in [2.75, 3.05) is 5.32 Å². The van der Waals surface area contributed by atoms with Crippen LogP contribution in [0.2, 0.25) is 0 Å².